The molecule has 0 atom stereocenters. The summed E-state index contributed by atoms with van der Waals surface area (Å²) in [6.45, 7) is 0.930. The van der Waals surface area contributed by atoms with Gasteiger partial charge in [0.05, 0.1) is 5.02 Å². The minimum Gasteiger partial charge on any atom is -0.487 e. The minimum absolute atomic E-state index is 0.272. The number of hydrogen-bond acceptors (Lipinski definition) is 2. The van der Waals surface area contributed by atoms with Crippen LogP contribution in [0, 0.1) is 5.82 Å². The number of anilines is 1. The summed E-state index contributed by atoms with van der Waals surface area (Å²) in [6.07, 6.45) is 0. The van der Waals surface area contributed by atoms with Gasteiger partial charge in [-0.1, -0.05) is 45.7 Å². The lowest BCUT2D eigenvalue weighted by atomic mass is 10.2. The topological polar surface area (TPSA) is 21.3 Å². The van der Waals surface area contributed by atoms with E-state index in [0.29, 0.717) is 17.3 Å². The maximum atomic E-state index is 13.2. The minimum atomic E-state index is -0.276. The Morgan fingerprint density at radius 3 is 2.48 bits per heavy atom. The fourth-order valence-corrected chi connectivity index (χ4v) is 2.85. The van der Waals surface area contributed by atoms with E-state index in [2.05, 4.69) is 21.2 Å². The Hall–Kier alpha value is -2.04. The van der Waals surface area contributed by atoms with Gasteiger partial charge in [0, 0.05) is 16.7 Å². The molecule has 0 amide bonds. The highest BCUT2D eigenvalue weighted by Crippen LogP contribution is 2.27. The lowest BCUT2D eigenvalue weighted by Crippen LogP contribution is -2.00. The molecule has 0 saturated heterocycles. The van der Waals surface area contributed by atoms with E-state index in [4.69, 9.17) is 16.3 Å². The molecule has 0 unspecified atom stereocenters. The van der Waals surface area contributed by atoms with Crippen molar-refractivity contribution >= 4 is 33.2 Å². The van der Waals surface area contributed by atoms with Crippen LogP contribution in [0.5, 0.6) is 5.75 Å². The Labute approximate surface area is 159 Å². The average Bonchev–Trinajstić information content (AvgIpc) is 2.60. The third-order valence-electron chi connectivity index (χ3n) is 3.62. The van der Waals surface area contributed by atoms with Crippen molar-refractivity contribution in [3.05, 3.63) is 93.2 Å². The molecule has 0 aliphatic carbocycles. The molecule has 25 heavy (non-hydrogen) atoms. The van der Waals surface area contributed by atoms with Crippen molar-refractivity contribution in [1.82, 2.24) is 0 Å². The molecule has 0 fully saturated rings. The zero-order valence-corrected chi connectivity index (χ0v) is 15.6. The van der Waals surface area contributed by atoms with E-state index in [0.717, 1.165) is 21.3 Å². The second-order valence-corrected chi connectivity index (χ2v) is 6.87. The molecule has 0 radical (unpaired) electrons. The average molecular weight is 421 g/mol. The first-order valence-corrected chi connectivity index (χ1v) is 8.92. The molecule has 0 aromatic heterocycles. The van der Waals surface area contributed by atoms with Crippen LogP contribution in [0.3, 0.4) is 0 Å². The van der Waals surface area contributed by atoms with Gasteiger partial charge in [-0.2, -0.15) is 0 Å². The van der Waals surface area contributed by atoms with Crippen molar-refractivity contribution in [1.29, 1.82) is 0 Å². The Bertz CT molecular complexity index is 855. The predicted molar refractivity (Wildman–Crippen MR) is 104 cm³/mol. The van der Waals surface area contributed by atoms with Gasteiger partial charge < -0.3 is 10.1 Å². The molecular weight excluding hydrogens is 405 g/mol. The quantitative estimate of drug-likeness (QED) is 0.496. The van der Waals surface area contributed by atoms with Crippen LogP contribution >= 0.6 is 27.5 Å². The lowest BCUT2D eigenvalue weighted by Gasteiger charge is -2.11. The summed E-state index contributed by atoms with van der Waals surface area (Å²) in [6, 6.07) is 20.0. The highest BCUT2D eigenvalue weighted by molar-refractivity contribution is 9.10. The van der Waals surface area contributed by atoms with E-state index in [1.54, 1.807) is 6.07 Å². The summed E-state index contributed by atoms with van der Waals surface area (Å²) in [5.74, 6) is 0.305. The molecule has 0 bridgehead atoms. The van der Waals surface area contributed by atoms with Gasteiger partial charge in [-0.15, -0.1) is 0 Å². The first-order valence-electron chi connectivity index (χ1n) is 7.75. The normalized spacial score (nSPS) is 10.5. The number of nitrogens with one attached hydrogen (secondary N) is 1. The Morgan fingerprint density at radius 1 is 0.960 bits per heavy atom. The number of halogens is 3. The van der Waals surface area contributed by atoms with Crippen molar-refractivity contribution in [3.8, 4) is 5.75 Å². The molecular formula is C20H16BrClFNO. The first kappa shape index (κ1) is 17.8. The van der Waals surface area contributed by atoms with Crippen LogP contribution in [0.15, 0.2) is 71.2 Å². The molecule has 5 heteroatoms. The molecule has 0 aliphatic rings. The molecule has 0 saturated carbocycles. The van der Waals surface area contributed by atoms with E-state index in [-0.39, 0.29) is 12.4 Å². The maximum absolute atomic E-state index is 13.2. The number of rotatable bonds is 6. The van der Waals surface area contributed by atoms with Gasteiger partial charge in [0.25, 0.3) is 0 Å². The fourth-order valence-electron chi connectivity index (χ4n) is 2.33. The SMILES string of the molecule is Fc1cccc(COc2ccc(CNc3ccc(Br)cc3)cc2Cl)c1. The molecule has 0 aliphatic heterocycles. The van der Waals surface area contributed by atoms with Crippen molar-refractivity contribution in [3.63, 3.8) is 0 Å². The van der Waals surface area contributed by atoms with E-state index < -0.39 is 0 Å². The highest BCUT2D eigenvalue weighted by atomic mass is 79.9. The van der Waals surface area contributed by atoms with Crippen molar-refractivity contribution < 1.29 is 9.13 Å². The van der Waals surface area contributed by atoms with Crippen LogP contribution in [0.4, 0.5) is 10.1 Å². The van der Waals surface area contributed by atoms with E-state index >= 15 is 0 Å². The zero-order valence-electron chi connectivity index (χ0n) is 13.3. The maximum Gasteiger partial charge on any atom is 0.138 e. The number of benzene rings is 3. The molecule has 3 rings (SSSR count). The van der Waals surface area contributed by atoms with E-state index in [9.17, 15) is 4.39 Å². The third-order valence-corrected chi connectivity index (χ3v) is 4.44. The first-order chi connectivity index (χ1) is 12.1. The lowest BCUT2D eigenvalue weighted by molar-refractivity contribution is 0.305. The molecule has 2 nitrogen and oxygen atoms in total. The molecule has 1 N–H and O–H groups in total. The zero-order chi connectivity index (χ0) is 17.6. The number of ether oxygens (including phenoxy) is 1. The molecule has 3 aromatic carbocycles. The van der Waals surface area contributed by atoms with Gasteiger partial charge in [-0.25, -0.2) is 4.39 Å². The summed E-state index contributed by atoms with van der Waals surface area (Å²) < 4.78 is 19.9. The summed E-state index contributed by atoms with van der Waals surface area (Å²) in [7, 11) is 0. The number of hydrogen-bond donors (Lipinski definition) is 1. The van der Waals surface area contributed by atoms with E-state index in [1.165, 1.54) is 12.1 Å². The van der Waals surface area contributed by atoms with Gasteiger partial charge in [-0.3, -0.25) is 0 Å². The van der Waals surface area contributed by atoms with Gasteiger partial charge >= 0.3 is 0 Å². The molecule has 3 aromatic rings. The molecule has 0 spiro atoms. The van der Waals surface area contributed by atoms with Crippen LogP contribution in [0.2, 0.25) is 5.02 Å². The smallest absolute Gasteiger partial charge is 0.138 e. The van der Waals surface area contributed by atoms with Crippen molar-refractivity contribution in [2.24, 2.45) is 0 Å². The Kier molecular flexibility index (Phi) is 5.95. The standard InChI is InChI=1S/C20H16BrClFNO/c21-16-5-7-18(8-6-16)24-12-14-4-9-20(19(22)11-14)25-13-15-2-1-3-17(23)10-15/h1-11,24H,12-13H2. The Balaban J connectivity index is 1.59. The van der Waals surface area contributed by atoms with Gasteiger partial charge in [0.2, 0.25) is 0 Å². The highest BCUT2D eigenvalue weighted by Gasteiger charge is 2.05. The summed E-state index contributed by atoms with van der Waals surface area (Å²) in [5, 5.41) is 3.87. The van der Waals surface area contributed by atoms with Crippen LogP contribution in [0.1, 0.15) is 11.1 Å². The summed E-state index contributed by atoms with van der Waals surface area (Å²) in [5.41, 5.74) is 2.84. The van der Waals surface area contributed by atoms with Crippen molar-refractivity contribution in [2.75, 3.05) is 5.32 Å². The van der Waals surface area contributed by atoms with Crippen LogP contribution in [-0.4, -0.2) is 0 Å². The van der Waals surface area contributed by atoms with Gasteiger partial charge in [-0.05, 0) is 59.7 Å². The van der Waals surface area contributed by atoms with Crippen molar-refractivity contribution in [2.45, 2.75) is 13.2 Å². The predicted octanol–water partition coefficient (Wildman–Crippen LogP) is 6.43. The second kappa shape index (κ2) is 8.37. The Morgan fingerprint density at radius 2 is 1.76 bits per heavy atom. The van der Waals surface area contributed by atoms with Gasteiger partial charge in [0.1, 0.15) is 18.2 Å². The largest absolute Gasteiger partial charge is 0.487 e. The second-order valence-electron chi connectivity index (χ2n) is 5.54. The van der Waals surface area contributed by atoms with Crippen LogP contribution < -0.4 is 10.1 Å². The fraction of sp³-hybridized carbons (Fsp3) is 0.100. The molecule has 0 heterocycles. The monoisotopic (exact) mass is 419 g/mol. The van der Waals surface area contributed by atoms with E-state index in [1.807, 2.05) is 48.5 Å². The molecule has 128 valence electrons. The van der Waals surface area contributed by atoms with Gasteiger partial charge in [0.15, 0.2) is 0 Å². The summed E-state index contributed by atoms with van der Waals surface area (Å²) in [4.78, 5) is 0. The third kappa shape index (κ3) is 5.21. The summed E-state index contributed by atoms with van der Waals surface area (Å²) >= 11 is 9.71. The van der Waals surface area contributed by atoms with Crippen LogP contribution in [-0.2, 0) is 13.2 Å². The van der Waals surface area contributed by atoms with Crippen LogP contribution in [0.25, 0.3) is 0 Å².